The predicted octanol–water partition coefficient (Wildman–Crippen LogP) is 4.48. The molecule has 6 heteroatoms. The highest BCUT2D eigenvalue weighted by Gasteiger charge is 2.49. The Kier molecular flexibility index (Phi) is 4.26. The topological polar surface area (TPSA) is 86.7 Å². The van der Waals surface area contributed by atoms with Gasteiger partial charge < -0.3 is 9.47 Å². The molecule has 2 aliphatic carbocycles. The van der Waals surface area contributed by atoms with E-state index in [0.717, 1.165) is 0 Å². The van der Waals surface area contributed by atoms with Crippen LogP contribution in [0.15, 0.2) is 95.5 Å². The maximum atomic E-state index is 13.7. The second-order valence-corrected chi connectivity index (χ2v) is 8.20. The maximum Gasteiger partial charge on any atom is 0.229 e. The van der Waals surface area contributed by atoms with Crippen molar-refractivity contribution in [2.24, 2.45) is 0 Å². The van der Waals surface area contributed by atoms with Crippen molar-refractivity contribution in [3.05, 3.63) is 123 Å². The average molecular weight is 448 g/mol. The van der Waals surface area contributed by atoms with Crippen LogP contribution in [0.3, 0.4) is 0 Å². The summed E-state index contributed by atoms with van der Waals surface area (Å²) in [5.74, 6) is -2.56. The molecule has 0 amide bonds. The van der Waals surface area contributed by atoms with Gasteiger partial charge in [-0.05, 0) is 17.7 Å². The maximum absolute atomic E-state index is 13.7. The Morgan fingerprint density at radius 2 is 1.00 bits per heavy atom. The lowest BCUT2D eigenvalue weighted by Crippen LogP contribution is -2.36. The summed E-state index contributed by atoms with van der Waals surface area (Å²) in [7, 11) is 1.53. The van der Waals surface area contributed by atoms with Crippen LogP contribution >= 0.6 is 0 Å². The summed E-state index contributed by atoms with van der Waals surface area (Å²) in [6.45, 7) is 0. The Balaban J connectivity index is 1.63. The number of carbonyl (C=O) groups is 4. The Hall–Kier alpha value is -4.58. The fraction of sp³-hybridized carbons (Fsp3) is 0.0714. The normalized spacial score (nSPS) is 17.1. The van der Waals surface area contributed by atoms with Crippen LogP contribution in [0.4, 0.5) is 0 Å². The fourth-order valence-corrected chi connectivity index (χ4v) is 4.85. The van der Waals surface area contributed by atoms with Crippen LogP contribution in [0.1, 0.15) is 52.9 Å². The van der Waals surface area contributed by atoms with Gasteiger partial charge in [0.05, 0.1) is 18.3 Å². The van der Waals surface area contributed by atoms with Gasteiger partial charge in [0.15, 0.2) is 23.1 Å². The number of fused-ring (bicyclic) bond motifs is 2. The summed E-state index contributed by atoms with van der Waals surface area (Å²) in [5.41, 5.74) is 1.60. The number of ketones is 4. The Morgan fingerprint density at radius 3 is 1.41 bits per heavy atom. The molecule has 0 unspecified atom stereocenters. The minimum absolute atomic E-state index is 0.0631. The average Bonchev–Trinajstić information content (AvgIpc) is 2.89. The van der Waals surface area contributed by atoms with E-state index in [9.17, 15) is 19.2 Å². The lowest BCUT2D eigenvalue weighted by Gasteiger charge is -2.35. The van der Waals surface area contributed by atoms with Crippen LogP contribution in [0.5, 0.6) is 5.75 Å². The molecule has 34 heavy (non-hydrogen) atoms. The minimum atomic E-state index is -0.945. The fourth-order valence-electron chi connectivity index (χ4n) is 4.85. The number of ether oxygens (including phenoxy) is 2. The van der Waals surface area contributed by atoms with E-state index in [1.807, 2.05) is 0 Å². The first-order valence-corrected chi connectivity index (χ1v) is 10.7. The van der Waals surface area contributed by atoms with Crippen molar-refractivity contribution < 1.29 is 28.7 Å². The molecular weight excluding hydrogens is 432 g/mol. The second-order valence-electron chi connectivity index (χ2n) is 8.20. The van der Waals surface area contributed by atoms with Gasteiger partial charge >= 0.3 is 0 Å². The molecule has 3 aromatic rings. The molecule has 0 atom stereocenters. The van der Waals surface area contributed by atoms with E-state index in [4.69, 9.17) is 9.47 Å². The molecule has 0 bridgehead atoms. The van der Waals surface area contributed by atoms with Crippen LogP contribution < -0.4 is 4.74 Å². The van der Waals surface area contributed by atoms with Gasteiger partial charge in [0.2, 0.25) is 11.6 Å². The van der Waals surface area contributed by atoms with Crippen molar-refractivity contribution in [3.8, 4) is 5.75 Å². The highest BCUT2D eigenvalue weighted by atomic mass is 16.5. The third-order valence-corrected chi connectivity index (χ3v) is 6.45. The number of hydrogen-bond acceptors (Lipinski definition) is 6. The van der Waals surface area contributed by atoms with E-state index in [1.165, 1.54) is 7.11 Å². The second kappa shape index (κ2) is 7.22. The van der Waals surface area contributed by atoms with Gasteiger partial charge in [0.25, 0.3) is 0 Å². The minimum Gasteiger partial charge on any atom is -0.497 e. The molecule has 0 saturated heterocycles. The molecule has 0 spiro atoms. The zero-order valence-corrected chi connectivity index (χ0v) is 18.0. The van der Waals surface area contributed by atoms with E-state index >= 15 is 0 Å². The van der Waals surface area contributed by atoms with Gasteiger partial charge in [-0.1, -0.05) is 60.7 Å². The van der Waals surface area contributed by atoms with Crippen LogP contribution in [0.2, 0.25) is 0 Å². The standard InChI is InChI=1S/C28H16O6/c1-33-15-12-10-14(11-13-15)20-21-23(29)16-6-2-4-8-18(16)25(31)27(21)34-28-22(20)24(30)17-7-3-5-9-19(17)26(28)32/h2-13,20H,1H3. The van der Waals surface area contributed by atoms with Gasteiger partial charge in [-0.3, -0.25) is 19.2 Å². The van der Waals surface area contributed by atoms with Crippen molar-refractivity contribution in [3.63, 3.8) is 0 Å². The highest BCUT2D eigenvalue weighted by Crippen LogP contribution is 2.48. The number of rotatable bonds is 2. The highest BCUT2D eigenvalue weighted by molar-refractivity contribution is 6.32. The van der Waals surface area contributed by atoms with E-state index in [-0.39, 0.29) is 44.9 Å². The Labute approximate surface area is 194 Å². The first kappa shape index (κ1) is 20.1. The first-order chi connectivity index (χ1) is 16.5. The lowest BCUT2D eigenvalue weighted by atomic mass is 9.70. The summed E-state index contributed by atoms with van der Waals surface area (Å²) < 4.78 is 11.1. The van der Waals surface area contributed by atoms with Gasteiger partial charge in [0.1, 0.15) is 5.75 Å². The van der Waals surface area contributed by atoms with Crippen molar-refractivity contribution >= 4 is 23.1 Å². The molecule has 3 aliphatic rings. The molecule has 0 radical (unpaired) electrons. The van der Waals surface area contributed by atoms with Crippen LogP contribution in [-0.2, 0) is 4.74 Å². The van der Waals surface area contributed by atoms with Crippen LogP contribution in [-0.4, -0.2) is 30.2 Å². The number of methoxy groups -OCH3 is 1. The van der Waals surface area contributed by atoms with Crippen LogP contribution in [0.25, 0.3) is 0 Å². The van der Waals surface area contributed by atoms with Gasteiger partial charge in [-0.2, -0.15) is 0 Å². The predicted molar refractivity (Wildman–Crippen MR) is 121 cm³/mol. The SMILES string of the molecule is COc1ccc(C2C3=C(OC4=C2C(=O)c2ccccc2C4=O)C(=O)c2ccccc2C3=O)cc1. The number of benzene rings is 3. The van der Waals surface area contributed by atoms with Crippen molar-refractivity contribution in [2.45, 2.75) is 5.92 Å². The summed E-state index contributed by atoms with van der Waals surface area (Å²) in [6, 6.07) is 19.8. The summed E-state index contributed by atoms with van der Waals surface area (Å²) in [5, 5.41) is 0. The first-order valence-electron chi connectivity index (χ1n) is 10.7. The molecule has 0 fully saturated rings. The monoisotopic (exact) mass is 448 g/mol. The third-order valence-electron chi connectivity index (χ3n) is 6.45. The Morgan fingerprint density at radius 1 is 0.588 bits per heavy atom. The van der Waals surface area contributed by atoms with E-state index in [2.05, 4.69) is 0 Å². The summed E-state index contributed by atoms with van der Waals surface area (Å²) in [4.78, 5) is 54.2. The Bertz CT molecular complexity index is 1430. The largest absolute Gasteiger partial charge is 0.497 e. The zero-order chi connectivity index (χ0) is 23.6. The molecule has 1 heterocycles. The van der Waals surface area contributed by atoms with Crippen molar-refractivity contribution in [2.75, 3.05) is 7.11 Å². The molecule has 6 rings (SSSR count). The number of allylic oxidation sites excluding steroid dienone is 4. The van der Waals surface area contributed by atoms with Gasteiger partial charge in [-0.15, -0.1) is 0 Å². The molecular formula is C28H16O6. The smallest absolute Gasteiger partial charge is 0.229 e. The lowest BCUT2D eigenvalue weighted by molar-refractivity contribution is 0.0822. The summed E-state index contributed by atoms with van der Waals surface area (Å²) >= 11 is 0. The number of hydrogen-bond donors (Lipinski definition) is 0. The number of carbonyl (C=O) groups excluding carboxylic acids is 4. The van der Waals surface area contributed by atoms with E-state index < -0.39 is 29.1 Å². The van der Waals surface area contributed by atoms with Gasteiger partial charge in [0, 0.05) is 28.2 Å². The molecule has 0 N–H and O–H groups in total. The quantitative estimate of drug-likeness (QED) is 0.575. The summed E-state index contributed by atoms with van der Waals surface area (Å²) in [6.07, 6.45) is 0. The third kappa shape index (κ3) is 2.62. The molecule has 0 saturated carbocycles. The number of Topliss-reactive ketones (excluding diaryl/α,β-unsaturated/α-hetero) is 4. The molecule has 6 nitrogen and oxygen atoms in total. The van der Waals surface area contributed by atoms with E-state index in [1.54, 1.807) is 72.8 Å². The van der Waals surface area contributed by atoms with Crippen molar-refractivity contribution in [1.29, 1.82) is 0 Å². The molecule has 0 aromatic heterocycles. The van der Waals surface area contributed by atoms with Gasteiger partial charge in [-0.25, -0.2) is 0 Å². The van der Waals surface area contributed by atoms with Crippen molar-refractivity contribution in [1.82, 2.24) is 0 Å². The molecule has 164 valence electrons. The molecule has 3 aromatic carbocycles. The zero-order valence-electron chi connectivity index (χ0n) is 18.0. The molecule has 1 aliphatic heterocycles. The van der Waals surface area contributed by atoms with E-state index in [0.29, 0.717) is 11.3 Å². The van der Waals surface area contributed by atoms with Crippen LogP contribution in [0, 0.1) is 0 Å².